The van der Waals surface area contributed by atoms with Crippen molar-refractivity contribution >= 4 is 34.0 Å². The lowest BCUT2D eigenvalue weighted by atomic mass is 10.3. The third-order valence-corrected chi connectivity index (χ3v) is 3.59. The lowest BCUT2D eigenvalue weighted by Gasteiger charge is -2.05. The van der Waals surface area contributed by atoms with E-state index in [0.717, 1.165) is 11.3 Å². The lowest BCUT2D eigenvalue weighted by Crippen LogP contribution is -2.18. The van der Waals surface area contributed by atoms with Crippen molar-refractivity contribution in [2.75, 3.05) is 10.6 Å². The zero-order chi connectivity index (χ0) is 14.7. The van der Waals surface area contributed by atoms with Crippen molar-refractivity contribution in [2.45, 2.75) is 6.92 Å². The monoisotopic (exact) mass is 294 g/mol. The van der Waals surface area contributed by atoms with E-state index in [1.807, 2.05) is 0 Å². The number of nitrogens with one attached hydrogen (secondary N) is 2. The number of hydrogen-bond donors (Lipinski definition) is 3. The fraction of sp³-hybridized carbons (Fsp3) is 0.0769. The van der Waals surface area contributed by atoms with Crippen molar-refractivity contribution in [3.63, 3.8) is 0 Å². The van der Waals surface area contributed by atoms with E-state index in [0.29, 0.717) is 16.3 Å². The van der Waals surface area contributed by atoms with E-state index in [1.54, 1.807) is 13.0 Å². The average Bonchev–Trinajstić information content (AvgIpc) is 2.73. The van der Waals surface area contributed by atoms with E-state index >= 15 is 0 Å². The number of hydrogen-bond acceptors (Lipinski definition) is 3. The largest absolute Gasteiger partial charge is 0.477 e. The van der Waals surface area contributed by atoms with Crippen molar-refractivity contribution < 1.29 is 19.1 Å². The molecule has 0 aliphatic carbocycles. The molecule has 2 amide bonds. The zero-order valence-corrected chi connectivity index (χ0v) is 11.3. The number of thiophene rings is 1. The zero-order valence-electron chi connectivity index (χ0n) is 10.4. The highest BCUT2D eigenvalue weighted by atomic mass is 32.1. The Morgan fingerprint density at radius 3 is 2.40 bits per heavy atom. The number of benzene rings is 1. The van der Waals surface area contributed by atoms with Gasteiger partial charge in [0.25, 0.3) is 0 Å². The predicted molar refractivity (Wildman–Crippen MR) is 75.1 cm³/mol. The van der Waals surface area contributed by atoms with Gasteiger partial charge in [0.15, 0.2) is 0 Å². The summed E-state index contributed by atoms with van der Waals surface area (Å²) in [6.07, 6.45) is 0. The smallest absolute Gasteiger partial charge is 0.346 e. The summed E-state index contributed by atoms with van der Waals surface area (Å²) in [5.74, 6) is -1.42. The van der Waals surface area contributed by atoms with Gasteiger partial charge in [0, 0.05) is 5.69 Å². The van der Waals surface area contributed by atoms with Gasteiger partial charge in [0.1, 0.15) is 10.7 Å². The summed E-state index contributed by atoms with van der Waals surface area (Å²) in [5.41, 5.74) is 1.02. The van der Waals surface area contributed by atoms with Gasteiger partial charge in [-0.05, 0) is 42.8 Å². The number of amides is 2. The molecule has 1 aromatic heterocycles. The highest BCUT2D eigenvalue weighted by molar-refractivity contribution is 7.18. The third-order valence-electron chi connectivity index (χ3n) is 2.45. The maximum atomic E-state index is 12.7. The van der Waals surface area contributed by atoms with Gasteiger partial charge >= 0.3 is 12.0 Å². The Labute approximate surface area is 118 Å². The van der Waals surface area contributed by atoms with Gasteiger partial charge in [-0.1, -0.05) is 0 Å². The summed E-state index contributed by atoms with van der Waals surface area (Å²) in [7, 11) is 0. The average molecular weight is 294 g/mol. The molecule has 0 unspecified atom stereocenters. The normalized spacial score (nSPS) is 10.1. The van der Waals surface area contributed by atoms with E-state index in [-0.39, 0.29) is 4.88 Å². The summed E-state index contributed by atoms with van der Waals surface area (Å²) in [4.78, 5) is 22.8. The third kappa shape index (κ3) is 3.33. The van der Waals surface area contributed by atoms with Crippen LogP contribution in [0.4, 0.5) is 19.9 Å². The van der Waals surface area contributed by atoms with E-state index in [9.17, 15) is 14.0 Å². The summed E-state index contributed by atoms with van der Waals surface area (Å²) in [5, 5.41) is 14.4. The van der Waals surface area contributed by atoms with Crippen LogP contribution in [0, 0.1) is 12.7 Å². The molecule has 1 aromatic carbocycles. The Bertz CT molecular complexity index is 652. The second-order valence-corrected chi connectivity index (χ2v) is 5.07. The topological polar surface area (TPSA) is 78.4 Å². The number of aromatic carboxylic acids is 1. The van der Waals surface area contributed by atoms with E-state index in [1.165, 1.54) is 24.3 Å². The van der Waals surface area contributed by atoms with Gasteiger partial charge in [-0.2, -0.15) is 0 Å². The quantitative estimate of drug-likeness (QED) is 0.810. The Morgan fingerprint density at radius 1 is 1.20 bits per heavy atom. The first kappa shape index (κ1) is 14.0. The molecule has 0 fully saturated rings. The van der Waals surface area contributed by atoms with Crippen LogP contribution in [0.1, 0.15) is 15.2 Å². The first-order valence-corrected chi connectivity index (χ1v) is 6.44. The maximum Gasteiger partial charge on any atom is 0.346 e. The highest BCUT2D eigenvalue weighted by Gasteiger charge is 2.13. The minimum atomic E-state index is -1.03. The number of carbonyl (C=O) groups excluding carboxylic acids is 1. The van der Waals surface area contributed by atoms with Crippen LogP contribution in [0.25, 0.3) is 0 Å². The minimum Gasteiger partial charge on any atom is -0.477 e. The van der Waals surface area contributed by atoms with Crippen LogP contribution in [0.15, 0.2) is 30.3 Å². The van der Waals surface area contributed by atoms with E-state index in [4.69, 9.17) is 5.11 Å². The van der Waals surface area contributed by atoms with Gasteiger partial charge < -0.3 is 10.4 Å². The lowest BCUT2D eigenvalue weighted by molar-refractivity contribution is 0.0701. The highest BCUT2D eigenvalue weighted by Crippen LogP contribution is 2.26. The summed E-state index contributed by atoms with van der Waals surface area (Å²) in [6, 6.07) is 6.38. The summed E-state index contributed by atoms with van der Waals surface area (Å²) < 4.78 is 12.7. The number of anilines is 2. The number of rotatable bonds is 3. The van der Waals surface area contributed by atoms with E-state index < -0.39 is 17.8 Å². The molecule has 0 spiro atoms. The molecule has 0 radical (unpaired) electrons. The molecular formula is C13H11FN2O3S. The van der Waals surface area contributed by atoms with Crippen molar-refractivity contribution in [3.05, 3.63) is 46.6 Å². The molecule has 0 atom stereocenters. The van der Waals surface area contributed by atoms with Crippen molar-refractivity contribution in [1.82, 2.24) is 0 Å². The minimum absolute atomic E-state index is 0.182. The van der Waals surface area contributed by atoms with E-state index in [2.05, 4.69) is 10.6 Å². The molecule has 0 aliphatic rings. The Hall–Kier alpha value is -2.41. The molecule has 0 saturated heterocycles. The number of carboxylic acids is 1. The molecule has 0 aliphatic heterocycles. The second kappa shape index (κ2) is 5.70. The van der Waals surface area contributed by atoms with Crippen LogP contribution in [0.3, 0.4) is 0 Å². The van der Waals surface area contributed by atoms with Gasteiger partial charge in [-0.25, -0.2) is 14.0 Å². The number of aryl methyl sites for hydroxylation is 1. The number of halogens is 1. The molecule has 2 aromatic rings. The molecule has 0 bridgehead atoms. The molecule has 2 rings (SSSR count). The number of urea groups is 1. The van der Waals surface area contributed by atoms with Gasteiger partial charge in [0.2, 0.25) is 0 Å². The second-order valence-electron chi connectivity index (χ2n) is 4.01. The van der Waals surface area contributed by atoms with Crippen molar-refractivity contribution in [3.8, 4) is 0 Å². The van der Waals surface area contributed by atoms with Crippen LogP contribution in [-0.2, 0) is 0 Å². The van der Waals surface area contributed by atoms with Crippen LogP contribution < -0.4 is 10.6 Å². The fourth-order valence-electron chi connectivity index (χ4n) is 1.56. The van der Waals surface area contributed by atoms with Gasteiger partial charge in [-0.3, -0.25) is 5.32 Å². The fourth-order valence-corrected chi connectivity index (χ4v) is 2.47. The Balaban J connectivity index is 2.03. The maximum absolute atomic E-state index is 12.7. The van der Waals surface area contributed by atoms with Gasteiger partial charge in [0.05, 0.1) is 5.00 Å². The standard InChI is InChI=1S/C13H11FN2O3S/c1-7-6-10(20-11(7)12(17)18)16-13(19)15-9-4-2-8(14)3-5-9/h2-6H,1H3,(H,17,18)(H2,15,16,19). The molecular weight excluding hydrogens is 283 g/mol. The van der Waals surface area contributed by atoms with Crippen molar-refractivity contribution in [2.24, 2.45) is 0 Å². The van der Waals surface area contributed by atoms with Crippen LogP contribution in [-0.4, -0.2) is 17.1 Å². The molecule has 20 heavy (non-hydrogen) atoms. The molecule has 5 nitrogen and oxygen atoms in total. The molecule has 0 saturated carbocycles. The van der Waals surface area contributed by atoms with Crippen molar-refractivity contribution in [1.29, 1.82) is 0 Å². The number of carbonyl (C=O) groups is 2. The summed E-state index contributed by atoms with van der Waals surface area (Å²) in [6.45, 7) is 1.66. The van der Waals surface area contributed by atoms with Crippen LogP contribution >= 0.6 is 11.3 Å². The summed E-state index contributed by atoms with van der Waals surface area (Å²) >= 11 is 0.977. The Morgan fingerprint density at radius 2 is 1.85 bits per heavy atom. The first-order valence-electron chi connectivity index (χ1n) is 5.63. The molecule has 3 N–H and O–H groups in total. The number of carboxylic acid groups (broad SMARTS) is 1. The molecule has 7 heteroatoms. The van der Waals surface area contributed by atoms with Crippen LogP contribution in [0.5, 0.6) is 0 Å². The first-order chi connectivity index (χ1) is 9.45. The molecule has 104 valence electrons. The van der Waals surface area contributed by atoms with Gasteiger partial charge in [-0.15, -0.1) is 11.3 Å². The predicted octanol–water partition coefficient (Wildman–Crippen LogP) is 3.54. The SMILES string of the molecule is Cc1cc(NC(=O)Nc2ccc(F)cc2)sc1C(=O)O. The Kier molecular flexibility index (Phi) is 3.99. The molecule has 1 heterocycles. The van der Waals surface area contributed by atoms with Crippen LogP contribution in [0.2, 0.25) is 0 Å².